The summed E-state index contributed by atoms with van der Waals surface area (Å²) in [5.74, 6) is -0.226. The predicted octanol–water partition coefficient (Wildman–Crippen LogP) is 0.232. The fourth-order valence-corrected chi connectivity index (χ4v) is 2.98. The van der Waals surface area contributed by atoms with E-state index >= 15 is 0 Å². The lowest BCUT2D eigenvalue weighted by Crippen LogP contribution is -2.48. The van der Waals surface area contributed by atoms with Gasteiger partial charge in [0.25, 0.3) is 11.8 Å². The first kappa shape index (κ1) is 15.5. The van der Waals surface area contributed by atoms with Gasteiger partial charge in [-0.2, -0.15) is 0 Å². The minimum atomic E-state index is -0.188. The maximum absolute atomic E-state index is 12.5. The van der Waals surface area contributed by atoms with Gasteiger partial charge in [0, 0.05) is 51.0 Å². The Balaban J connectivity index is 1.70. The molecule has 23 heavy (non-hydrogen) atoms. The van der Waals surface area contributed by atoms with Crippen LogP contribution in [0.3, 0.4) is 0 Å². The highest BCUT2D eigenvalue weighted by Crippen LogP contribution is 2.14. The predicted molar refractivity (Wildman–Crippen MR) is 82.9 cm³/mol. The van der Waals surface area contributed by atoms with Gasteiger partial charge in [-0.15, -0.1) is 0 Å². The summed E-state index contributed by atoms with van der Waals surface area (Å²) in [5, 5.41) is 0. The molecule has 2 aliphatic heterocycles. The van der Waals surface area contributed by atoms with Gasteiger partial charge in [0.15, 0.2) is 0 Å². The maximum atomic E-state index is 12.5. The molecule has 3 heterocycles. The topological polar surface area (TPSA) is 73.8 Å². The minimum Gasteiger partial charge on any atom is -0.342 e. The Bertz CT molecular complexity index is 605. The fraction of sp³-hybridized carbons (Fsp3) is 0.500. The number of nitrogens with zero attached hydrogens (tertiary/aromatic N) is 4. The van der Waals surface area contributed by atoms with Gasteiger partial charge in [0.2, 0.25) is 6.41 Å². The standard InChI is InChI=1S/C16H20N4O3/c21-12-18-7-9-20(10-8-18)16(23)14-11-13(3-4-17-14)15(22)19-5-1-2-6-19/h3-4,11-12H,1-2,5-10H2. The zero-order valence-electron chi connectivity index (χ0n) is 13.0. The van der Waals surface area contributed by atoms with Crippen molar-refractivity contribution < 1.29 is 14.4 Å². The van der Waals surface area contributed by atoms with Crippen LogP contribution < -0.4 is 0 Å². The summed E-state index contributed by atoms with van der Waals surface area (Å²) >= 11 is 0. The van der Waals surface area contributed by atoms with Gasteiger partial charge in [-0.3, -0.25) is 19.4 Å². The highest BCUT2D eigenvalue weighted by Gasteiger charge is 2.24. The summed E-state index contributed by atoms with van der Waals surface area (Å²) in [7, 11) is 0. The fourth-order valence-electron chi connectivity index (χ4n) is 2.98. The average molecular weight is 316 g/mol. The zero-order valence-corrected chi connectivity index (χ0v) is 13.0. The molecule has 1 aromatic heterocycles. The smallest absolute Gasteiger partial charge is 0.272 e. The molecule has 122 valence electrons. The second-order valence-electron chi connectivity index (χ2n) is 5.86. The van der Waals surface area contributed by atoms with E-state index in [1.54, 1.807) is 21.9 Å². The number of amides is 3. The van der Waals surface area contributed by atoms with Crippen LogP contribution >= 0.6 is 0 Å². The van der Waals surface area contributed by atoms with Gasteiger partial charge in [0.1, 0.15) is 5.69 Å². The monoisotopic (exact) mass is 316 g/mol. The Labute approximate surface area is 134 Å². The van der Waals surface area contributed by atoms with Crippen LogP contribution in [0.25, 0.3) is 0 Å². The molecule has 0 bridgehead atoms. The Morgan fingerprint density at radius 1 is 0.957 bits per heavy atom. The molecule has 0 N–H and O–H groups in total. The van der Waals surface area contributed by atoms with Crippen molar-refractivity contribution in [2.75, 3.05) is 39.3 Å². The number of hydrogen-bond donors (Lipinski definition) is 0. The third kappa shape index (κ3) is 3.33. The summed E-state index contributed by atoms with van der Waals surface area (Å²) in [6.07, 6.45) is 4.38. The Kier molecular flexibility index (Phi) is 4.55. The first-order chi connectivity index (χ1) is 11.2. The van der Waals surface area contributed by atoms with E-state index < -0.39 is 0 Å². The third-order valence-electron chi connectivity index (χ3n) is 4.37. The quantitative estimate of drug-likeness (QED) is 0.748. The molecule has 2 fully saturated rings. The minimum absolute atomic E-state index is 0.0373. The van der Waals surface area contributed by atoms with Crippen LogP contribution in [-0.4, -0.2) is 77.2 Å². The number of rotatable bonds is 3. The number of likely N-dealkylation sites (tertiary alicyclic amines) is 1. The molecule has 3 rings (SSSR count). The van der Waals surface area contributed by atoms with Crippen molar-refractivity contribution in [3.8, 4) is 0 Å². The normalized spacial score (nSPS) is 18.2. The van der Waals surface area contributed by atoms with Crippen molar-refractivity contribution in [1.29, 1.82) is 0 Å². The van der Waals surface area contributed by atoms with Crippen molar-refractivity contribution >= 4 is 18.2 Å². The van der Waals surface area contributed by atoms with Crippen molar-refractivity contribution in [3.05, 3.63) is 29.6 Å². The van der Waals surface area contributed by atoms with Crippen LogP contribution in [-0.2, 0) is 4.79 Å². The summed E-state index contributed by atoms with van der Waals surface area (Å²) in [6, 6.07) is 3.23. The highest BCUT2D eigenvalue weighted by atomic mass is 16.2. The Morgan fingerprint density at radius 3 is 2.26 bits per heavy atom. The van der Waals surface area contributed by atoms with Gasteiger partial charge < -0.3 is 14.7 Å². The first-order valence-electron chi connectivity index (χ1n) is 7.93. The second-order valence-corrected chi connectivity index (χ2v) is 5.86. The number of piperazine rings is 1. The molecule has 0 aromatic carbocycles. The van der Waals surface area contributed by atoms with Gasteiger partial charge in [0.05, 0.1) is 0 Å². The van der Waals surface area contributed by atoms with E-state index in [-0.39, 0.29) is 17.5 Å². The van der Waals surface area contributed by atoms with Gasteiger partial charge >= 0.3 is 0 Å². The highest BCUT2D eigenvalue weighted by molar-refractivity contribution is 5.98. The van der Waals surface area contributed by atoms with E-state index in [9.17, 15) is 14.4 Å². The van der Waals surface area contributed by atoms with Gasteiger partial charge in [-0.25, -0.2) is 0 Å². The van der Waals surface area contributed by atoms with Crippen molar-refractivity contribution in [3.63, 3.8) is 0 Å². The van der Waals surface area contributed by atoms with E-state index in [0.717, 1.165) is 32.3 Å². The van der Waals surface area contributed by atoms with Gasteiger partial charge in [-0.05, 0) is 25.0 Å². The average Bonchev–Trinajstić information content (AvgIpc) is 3.15. The number of aromatic nitrogens is 1. The van der Waals surface area contributed by atoms with Crippen LogP contribution in [0.1, 0.15) is 33.7 Å². The lowest BCUT2D eigenvalue weighted by atomic mass is 10.2. The molecule has 2 saturated heterocycles. The van der Waals surface area contributed by atoms with E-state index in [1.165, 1.54) is 6.20 Å². The van der Waals surface area contributed by atoms with Crippen molar-refractivity contribution in [2.45, 2.75) is 12.8 Å². The SMILES string of the molecule is O=CN1CCN(C(=O)c2cc(C(=O)N3CCCC3)ccn2)CC1. The summed E-state index contributed by atoms with van der Waals surface area (Å²) in [5.41, 5.74) is 0.798. The molecular formula is C16H20N4O3. The van der Waals surface area contributed by atoms with Crippen LogP contribution in [0.4, 0.5) is 0 Å². The molecule has 0 atom stereocenters. The van der Waals surface area contributed by atoms with E-state index in [4.69, 9.17) is 0 Å². The van der Waals surface area contributed by atoms with Crippen LogP contribution in [0, 0.1) is 0 Å². The summed E-state index contributed by atoms with van der Waals surface area (Å²) in [6.45, 7) is 3.59. The summed E-state index contributed by atoms with van der Waals surface area (Å²) in [4.78, 5) is 44.9. The van der Waals surface area contributed by atoms with E-state index in [1.807, 2.05) is 4.90 Å². The molecule has 1 aromatic rings. The van der Waals surface area contributed by atoms with E-state index in [0.29, 0.717) is 31.7 Å². The van der Waals surface area contributed by atoms with Crippen LogP contribution in [0.5, 0.6) is 0 Å². The lowest BCUT2D eigenvalue weighted by Gasteiger charge is -2.32. The largest absolute Gasteiger partial charge is 0.342 e. The molecule has 3 amide bonds. The molecule has 0 aliphatic carbocycles. The second kappa shape index (κ2) is 6.76. The molecule has 2 aliphatic rings. The zero-order chi connectivity index (χ0) is 16.2. The molecule has 0 unspecified atom stereocenters. The van der Waals surface area contributed by atoms with E-state index in [2.05, 4.69) is 4.98 Å². The maximum Gasteiger partial charge on any atom is 0.272 e. The lowest BCUT2D eigenvalue weighted by molar-refractivity contribution is -0.119. The number of pyridine rings is 1. The Hall–Kier alpha value is -2.44. The molecule has 0 spiro atoms. The van der Waals surface area contributed by atoms with Crippen LogP contribution in [0.15, 0.2) is 18.3 Å². The van der Waals surface area contributed by atoms with Crippen molar-refractivity contribution in [1.82, 2.24) is 19.7 Å². The third-order valence-corrected chi connectivity index (χ3v) is 4.37. The number of carbonyl (C=O) groups excluding carboxylic acids is 3. The molecule has 7 heteroatoms. The number of hydrogen-bond acceptors (Lipinski definition) is 4. The number of carbonyl (C=O) groups is 3. The molecule has 0 saturated carbocycles. The molecule has 7 nitrogen and oxygen atoms in total. The van der Waals surface area contributed by atoms with Crippen molar-refractivity contribution in [2.24, 2.45) is 0 Å². The molecular weight excluding hydrogens is 296 g/mol. The van der Waals surface area contributed by atoms with Crippen LogP contribution in [0.2, 0.25) is 0 Å². The first-order valence-corrected chi connectivity index (χ1v) is 7.93. The summed E-state index contributed by atoms with van der Waals surface area (Å²) < 4.78 is 0. The molecule has 0 radical (unpaired) electrons. The Morgan fingerprint density at radius 2 is 1.61 bits per heavy atom. The van der Waals surface area contributed by atoms with Gasteiger partial charge in [-0.1, -0.05) is 0 Å².